The van der Waals surface area contributed by atoms with E-state index in [2.05, 4.69) is 0 Å². The van der Waals surface area contributed by atoms with Crippen molar-refractivity contribution in [2.24, 2.45) is 17.0 Å². The number of hydrogen-bond acceptors (Lipinski definition) is 5. The summed E-state index contributed by atoms with van der Waals surface area (Å²) in [5.41, 5.74) is 19.4. The van der Waals surface area contributed by atoms with Gasteiger partial charge in [0.05, 0.1) is 0 Å². The zero-order chi connectivity index (χ0) is 18.4. The van der Waals surface area contributed by atoms with Crippen molar-refractivity contribution in [2.75, 3.05) is 0 Å². The molecular weight excluding hydrogens is 337 g/mol. The third-order valence-electron chi connectivity index (χ3n) is 3.43. The maximum atomic E-state index is 12.4. The van der Waals surface area contributed by atoms with Crippen molar-refractivity contribution in [3.63, 3.8) is 0 Å². The fourth-order valence-corrected chi connectivity index (χ4v) is 3.30. The Morgan fingerprint density at radius 2 is 1.12 bits per heavy atom. The molecule has 2 rings (SSSR count). The third kappa shape index (κ3) is 6.88. The van der Waals surface area contributed by atoms with E-state index in [-0.39, 0.29) is 12.1 Å². The number of benzene rings is 2. The Kier molecular flexibility index (Phi) is 6.62. The maximum Gasteiger partial charge on any atom is 0.510 e. The van der Waals surface area contributed by atoms with Crippen molar-refractivity contribution in [1.29, 1.82) is 0 Å². The zero-order valence-corrected chi connectivity index (χ0v) is 15.5. The van der Waals surface area contributed by atoms with Gasteiger partial charge in [-0.3, -0.25) is 0 Å². The number of rotatable bonds is 8. The van der Waals surface area contributed by atoms with Crippen molar-refractivity contribution < 1.29 is 13.6 Å². The highest BCUT2D eigenvalue weighted by Crippen LogP contribution is 2.41. The Labute approximate surface area is 148 Å². The van der Waals surface area contributed by atoms with Crippen LogP contribution in [0.25, 0.3) is 0 Å². The lowest BCUT2D eigenvalue weighted by Gasteiger charge is -2.16. The first-order valence-electron chi connectivity index (χ1n) is 8.20. The van der Waals surface area contributed by atoms with Crippen LogP contribution in [0.2, 0.25) is 0 Å². The normalized spacial score (nSPS) is 14.0. The number of nitrogens with two attached hydrogens (primary N) is 3. The van der Waals surface area contributed by atoms with Crippen LogP contribution in [0.5, 0.6) is 11.5 Å². The molecule has 0 saturated heterocycles. The predicted molar refractivity (Wildman–Crippen MR) is 101 cm³/mol. The van der Waals surface area contributed by atoms with Gasteiger partial charge < -0.3 is 20.5 Å². The molecule has 0 unspecified atom stereocenters. The van der Waals surface area contributed by atoms with Crippen LogP contribution in [0.1, 0.15) is 25.0 Å². The summed E-state index contributed by atoms with van der Waals surface area (Å²) in [4.78, 5) is 0. The molecule has 0 saturated carbocycles. The molecule has 2 atom stereocenters. The van der Waals surface area contributed by atoms with Crippen molar-refractivity contribution in [1.82, 2.24) is 0 Å². The first kappa shape index (κ1) is 19.5. The standard InChI is InChI=1S/C18H26N3O3P/c1-13(19)11-15-3-7-17(8-4-15)23-25(21,22)24-18-9-5-16(6-10-18)12-14(2)20/h3-10,13-14H,11-12,19-20H2,1-2H3,(H2,21,22)/t13-,14-/m1/s1. The van der Waals surface area contributed by atoms with E-state index in [0.29, 0.717) is 11.5 Å². The second-order valence-corrected chi connectivity index (χ2v) is 7.82. The van der Waals surface area contributed by atoms with Gasteiger partial charge in [-0.05, 0) is 62.1 Å². The smallest absolute Gasteiger partial charge is 0.405 e. The molecule has 2 aromatic rings. The lowest BCUT2D eigenvalue weighted by atomic mass is 10.1. The molecule has 0 bridgehead atoms. The Hall–Kier alpha value is -1.85. The van der Waals surface area contributed by atoms with Gasteiger partial charge >= 0.3 is 7.75 Å². The van der Waals surface area contributed by atoms with Crippen LogP contribution >= 0.6 is 7.75 Å². The molecule has 0 aliphatic heterocycles. The van der Waals surface area contributed by atoms with Gasteiger partial charge in [0.25, 0.3) is 0 Å². The summed E-state index contributed by atoms with van der Waals surface area (Å²) in [5.74, 6) is 0.765. The minimum Gasteiger partial charge on any atom is -0.405 e. The molecule has 0 aliphatic carbocycles. The summed E-state index contributed by atoms with van der Waals surface area (Å²) in [6.07, 6.45) is 1.51. The molecule has 0 spiro atoms. The van der Waals surface area contributed by atoms with Gasteiger partial charge in [0.15, 0.2) is 0 Å². The summed E-state index contributed by atoms with van der Waals surface area (Å²) in [6, 6.07) is 14.4. The molecular formula is C18H26N3O3P. The monoisotopic (exact) mass is 363 g/mol. The summed E-state index contributed by atoms with van der Waals surface area (Å²) in [7, 11) is -3.77. The highest BCUT2D eigenvalue weighted by Gasteiger charge is 2.22. The zero-order valence-electron chi connectivity index (χ0n) is 14.6. The minimum absolute atomic E-state index is 0.0703. The molecule has 6 nitrogen and oxygen atoms in total. The quantitative estimate of drug-likeness (QED) is 0.621. The summed E-state index contributed by atoms with van der Waals surface area (Å²) >= 11 is 0. The van der Waals surface area contributed by atoms with Crippen LogP contribution in [-0.4, -0.2) is 12.1 Å². The van der Waals surface area contributed by atoms with Crippen LogP contribution in [0.15, 0.2) is 48.5 Å². The van der Waals surface area contributed by atoms with Crippen LogP contribution < -0.4 is 26.0 Å². The average Bonchev–Trinajstić information content (AvgIpc) is 2.49. The van der Waals surface area contributed by atoms with Crippen molar-refractivity contribution >= 4 is 7.75 Å². The SMILES string of the molecule is C[C@@H](N)Cc1ccc(OP(N)(=O)Oc2ccc(C[C@@H](C)N)cc2)cc1. The maximum absolute atomic E-state index is 12.4. The van der Waals surface area contributed by atoms with Crippen LogP contribution in [-0.2, 0) is 17.4 Å². The first-order valence-corrected chi connectivity index (χ1v) is 9.81. The van der Waals surface area contributed by atoms with Crippen LogP contribution in [0.4, 0.5) is 0 Å². The summed E-state index contributed by atoms with van der Waals surface area (Å²) in [6.45, 7) is 3.87. The van der Waals surface area contributed by atoms with Gasteiger partial charge in [-0.15, -0.1) is 0 Å². The van der Waals surface area contributed by atoms with Gasteiger partial charge in [-0.1, -0.05) is 24.3 Å². The highest BCUT2D eigenvalue weighted by atomic mass is 31.2. The van der Waals surface area contributed by atoms with E-state index in [0.717, 1.165) is 24.0 Å². The Balaban J connectivity index is 1.98. The predicted octanol–water partition coefficient (Wildman–Crippen LogP) is 2.99. The summed E-state index contributed by atoms with van der Waals surface area (Å²) < 4.78 is 23.0. The topological polar surface area (TPSA) is 114 Å². The molecule has 0 radical (unpaired) electrons. The lowest BCUT2D eigenvalue weighted by molar-refractivity contribution is 0.387. The Bertz CT molecular complexity index is 656. The molecule has 25 heavy (non-hydrogen) atoms. The third-order valence-corrected chi connectivity index (χ3v) is 4.36. The fourth-order valence-electron chi connectivity index (χ4n) is 2.43. The van der Waals surface area contributed by atoms with Gasteiger partial charge in [-0.25, -0.2) is 10.1 Å². The van der Waals surface area contributed by atoms with E-state index in [4.69, 9.17) is 26.0 Å². The van der Waals surface area contributed by atoms with Gasteiger partial charge in [0, 0.05) is 12.1 Å². The van der Waals surface area contributed by atoms with Crippen molar-refractivity contribution in [2.45, 2.75) is 38.8 Å². The Morgan fingerprint density at radius 1 is 0.800 bits per heavy atom. The molecule has 6 N–H and O–H groups in total. The van der Waals surface area contributed by atoms with Gasteiger partial charge in [0.2, 0.25) is 0 Å². The van der Waals surface area contributed by atoms with Gasteiger partial charge in [0.1, 0.15) is 11.5 Å². The van der Waals surface area contributed by atoms with E-state index < -0.39 is 7.75 Å². The second-order valence-electron chi connectivity index (χ2n) is 6.37. The molecule has 0 amide bonds. The average molecular weight is 363 g/mol. The van der Waals surface area contributed by atoms with E-state index in [9.17, 15) is 4.57 Å². The fraction of sp³-hybridized carbons (Fsp3) is 0.333. The summed E-state index contributed by atoms with van der Waals surface area (Å²) in [5, 5.41) is 0. The van der Waals surface area contributed by atoms with E-state index in [1.807, 2.05) is 38.1 Å². The van der Waals surface area contributed by atoms with Crippen molar-refractivity contribution in [3.05, 3.63) is 59.7 Å². The molecule has 0 aliphatic rings. The minimum atomic E-state index is -3.77. The Morgan fingerprint density at radius 3 is 1.40 bits per heavy atom. The van der Waals surface area contributed by atoms with E-state index in [1.165, 1.54) is 0 Å². The largest absolute Gasteiger partial charge is 0.510 e. The highest BCUT2D eigenvalue weighted by molar-refractivity contribution is 7.52. The van der Waals surface area contributed by atoms with E-state index in [1.54, 1.807) is 24.3 Å². The van der Waals surface area contributed by atoms with Crippen LogP contribution in [0.3, 0.4) is 0 Å². The first-order chi connectivity index (χ1) is 11.7. The molecule has 0 fully saturated rings. The molecule has 0 aromatic heterocycles. The molecule has 136 valence electrons. The molecule has 0 heterocycles. The number of hydrogen-bond donors (Lipinski definition) is 3. The molecule has 2 aromatic carbocycles. The van der Waals surface area contributed by atoms with Gasteiger partial charge in [-0.2, -0.15) is 0 Å². The lowest BCUT2D eigenvalue weighted by Crippen LogP contribution is -2.17. The molecule has 7 heteroatoms. The van der Waals surface area contributed by atoms with E-state index >= 15 is 0 Å². The van der Waals surface area contributed by atoms with Crippen LogP contribution in [0, 0.1) is 0 Å². The van der Waals surface area contributed by atoms with Crippen molar-refractivity contribution in [3.8, 4) is 11.5 Å². The second kappa shape index (κ2) is 8.50.